The summed E-state index contributed by atoms with van der Waals surface area (Å²) < 4.78 is 67.4. The summed E-state index contributed by atoms with van der Waals surface area (Å²) in [6.45, 7) is -7.84. The molecule has 0 aromatic heterocycles. The smallest absolute Gasteiger partial charge is 0.259 e. The highest BCUT2D eigenvalue weighted by atomic mass is 16.8. The molecule has 22 N–H and O–H groups in total. The first-order valence-electron chi connectivity index (χ1n) is 29.6. The van der Waals surface area contributed by atoms with Crippen molar-refractivity contribution >= 4 is 29.5 Å². The number of amides is 5. The molecule has 7 fully saturated rings. The van der Waals surface area contributed by atoms with Crippen LogP contribution in [0.15, 0.2) is 0 Å². The first-order chi connectivity index (χ1) is 44.1. The quantitative estimate of drug-likeness (QED) is 0.0180. The van der Waals surface area contributed by atoms with Gasteiger partial charge in [0.1, 0.15) is 134 Å². The van der Waals surface area contributed by atoms with Crippen LogP contribution in [0.1, 0.15) is 19.8 Å². The third-order valence-electron chi connectivity index (χ3n) is 16.2. The largest absolute Gasteiger partial charge is 0.394 e. The highest BCUT2D eigenvalue weighted by Gasteiger charge is 2.55. The van der Waals surface area contributed by atoms with E-state index in [-0.39, 0.29) is 17.9 Å². The van der Waals surface area contributed by atoms with E-state index < -0.39 is 299 Å². The molecule has 5 amide bonds. The number of hydrogen-bond donors (Lipinski definition) is 22. The summed E-state index contributed by atoms with van der Waals surface area (Å²) in [7, 11) is 0. The molecule has 0 radical (unpaired) electrons. The van der Waals surface area contributed by atoms with E-state index in [9.17, 15) is 121 Å². The summed E-state index contributed by atoms with van der Waals surface area (Å²) in [4.78, 5) is 70.1. The fourth-order valence-corrected chi connectivity index (χ4v) is 10.7. The maximum absolute atomic E-state index is 13.5. The molecule has 30 atom stereocenters. The zero-order valence-corrected chi connectivity index (χ0v) is 49.7. The van der Waals surface area contributed by atoms with Gasteiger partial charge in [0.25, 0.3) is 17.7 Å². The molecule has 0 aromatic carbocycles. The van der Waals surface area contributed by atoms with Gasteiger partial charge in [-0.05, 0) is 0 Å². The average molecular weight is 1360 g/mol. The van der Waals surface area contributed by atoms with Gasteiger partial charge in [0.05, 0.1) is 78.6 Å². The lowest BCUT2D eigenvalue weighted by molar-refractivity contribution is -0.366. The molecule has 536 valence electrons. The van der Waals surface area contributed by atoms with Gasteiger partial charge in [-0.1, -0.05) is 6.92 Å². The van der Waals surface area contributed by atoms with Crippen LogP contribution >= 0.6 is 0 Å². The highest BCUT2D eigenvalue weighted by molar-refractivity contribution is 6.00. The maximum Gasteiger partial charge on any atom is 0.259 e. The summed E-state index contributed by atoms with van der Waals surface area (Å²) in [5, 5.41) is 204. The van der Waals surface area contributed by atoms with Gasteiger partial charge >= 0.3 is 0 Å². The van der Waals surface area contributed by atoms with Gasteiger partial charge in [-0.2, -0.15) is 0 Å². The zero-order chi connectivity index (χ0) is 68.3. The molecule has 7 heterocycles. The second-order valence-electron chi connectivity index (χ2n) is 22.9. The zero-order valence-electron chi connectivity index (χ0n) is 49.7. The number of aliphatic hydroxyl groups is 19. The minimum atomic E-state index is -2.05. The SMILES string of the molecule is C[C@@H]1[C@@H](O[C@@H]2[C@@H](O)[C@H](OCCNC(=O)CN(CC(=O)NCCO[C@@H]3O[C@H](CO[C@H]4O[C@H](CO)[C@@H](O)[C@H](O)[C@@H]4O)[C@@H](O)[C@H](O[C@H]4O[C@H](CO)[C@@H](O)[C@H](O)[C@@H]4O)[C@H]3O)CC(=O)NON3C(=O)CCC3=O)O[C@H](CO[C@H]3O[C@H](CO)[C@@H](O)[C@H](O)[C@@H]3O)[C@H]2O)O[C@H](CO)[C@@H](O)[C@@H]1O. The molecule has 42 nitrogen and oxygen atoms in total. The van der Waals surface area contributed by atoms with E-state index >= 15 is 0 Å². The normalized spacial score (nSPS) is 42.5. The van der Waals surface area contributed by atoms with Crippen LogP contribution in [0.5, 0.6) is 0 Å². The number of aliphatic hydroxyl groups excluding tert-OH is 19. The Labute approximate surface area is 526 Å². The Hall–Kier alpha value is -3.77. The van der Waals surface area contributed by atoms with Crippen molar-refractivity contribution < 1.29 is 183 Å². The van der Waals surface area contributed by atoms with Crippen molar-refractivity contribution in [2.24, 2.45) is 5.92 Å². The predicted octanol–water partition coefficient (Wildman–Crippen LogP) is -16.2. The standard InChI is InChI=1S/C51H85N5O37/c1-17-29(66)30(67)18(11-57)85-46(17)91-44-34(71)22(15-83-47-39(76)36(73)31(68)19(12-58)86-47)89-49(42(44)79)81-6-4-52-24(61)8-55(10-26(63)54-93-56-27(64)2-3-28(56)65)9-25(62)53-5-7-82-50-43(80)45(92-51-41(78)38(75)33(70)21(14-60)88-51)35(72)23(90-50)16-84-48-40(77)37(74)32(69)20(13-59)87-48/h17-23,29-51,57-60,66-80H,2-16H2,1H3,(H,52,61)(H,53,62)(H,54,63)/t17-,18+,19+,20+,21+,22+,23+,29+,30+,31+,32+,33+,34+,35+,36-,37-,38-,39-,40-,41-,42+,43+,44-,45-,46+,47-,48-,49+,50+,51+/m0/s1. The molecule has 7 aliphatic heterocycles. The number of rotatable bonds is 30. The van der Waals surface area contributed by atoms with Crippen LogP contribution in [-0.2, 0) is 85.8 Å². The molecular weight excluding hydrogens is 1270 g/mol. The Morgan fingerprint density at radius 3 is 1.16 bits per heavy atom. The van der Waals surface area contributed by atoms with Crippen LogP contribution < -0.4 is 16.1 Å². The highest BCUT2D eigenvalue weighted by Crippen LogP contribution is 2.35. The van der Waals surface area contributed by atoms with Crippen molar-refractivity contribution in [3.63, 3.8) is 0 Å². The van der Waals surface area contributed by atoms with Crippen molar-refractivity contribution in [2.75, 3.05) is 85.6 Å². The summed E-state index contributed by atoms with van der Waals surface area (Å²) >= 11 is 0. The second kappa shape index (κ2) is 35.1. The number of nitrogens with one attached hydrogen (secondary N) is 3. The maximum atomic E-state index is 13.5. The van der Waals surface area contributed by atoms with E-state index in [2.05, 4.69) is 10.6 Å². The van der Waals surface area contributed by atoms with Crippen LogP contribution in [-0.4, -0.2) is 400 Å². The van der Waals surface area contributed by atoms with Crippen molar-refractivity contribution in [1.29, 1.82) is 0 Å². The van der Waals surface area contributed by atoms with Crippen LogP contribution in [0.4, 0.5) is 0 Å². The fraction of sp³-hybridized carbons (Fsp3) is 0.902. The molecule has 0 spiro atoms. The van der Waals surface area contributed by atoms with Crippen LogP contribution in [0, 0.1) is 5.92 Å². The first kappa shape index (κ1) is 76.6. The number of hydroxylamine groups is 3. The van der Waals surface area contributed by atoms with Gasteiger partial charge in [0.2, 0.25) is 11.8 Å². The van der Waals surface area contributed by atoms with Gasteiger partial charge < -0.3 is 164 Å². The van der Waals surface area contributed by atoms with E-state index in [0.717, 1.165) is 4.90 Å². The van der Waals surface area contributed by atoms with Gasteiger partial charge in [-0.15, -0.1) is 10.0 Å². The number of ether oxygens (including phenoxy) is 12. The lowest BCUT2D eigenvalue weighted by Gasteiger charge is -2.47. The number of imide groups is 1. The predicted molar refractivity (Wildman–Crippen MR) is 286 cm³/mol. The summed E-state index contributed by atoms with van der Waals surface area (Å²) in [6.07, 6.45) is -51.6. The second-order valence-corrected chi connectivity index (χ2v) is 22.9. The average Bonchev–Trinajstić information content (AvgIpc) is 1.26. The molecule has 0 bridgehead atoms. The van der Waals surface area contributed by atoms with Crippen LogP contribution in [0.25, 0.3) is 0 Å². The third-order valence-corrected chi connectivity index (χ3v) is 16.2. The fourth-order valence-electron chi connectivity index (χ4n) is 10.7. The van der Waals surface area contributed by atoms with Gasteiger partial charge in [0.15, 0.2) is 37.7 Å². The summed E-state index contributed by atoms with van der Waals surface area (Å²) in [5.74, 6) is -5.54. The Balaban J connectivity index is 0.974. The Kier molecular flexibility index (Phi) is 28.9. The van der Waals surface area contributed by atoms with E-state index in [4.69, 9.17) is 61.8 Å². The van der Waals surface area contributed by atoms with E-state index in [1.165, 1.54) is 6.92 Å². The monoisotopic (exact) mass is 1360 g/mol. The molecular formula is C51H85N5O37. The lowest BCUT2D eigenvalue weighted by atomic mass is 9.92. The summed E-state index contributed by atoms with van der Waals surface area (Å²) in [5.41, 5.74) is 1.87. The minimum Gasteiger partial charge on any atom is -0.394 e. The van der Waals surface area contributed by atoms with Crippen molar-refractivity contribution in [3.05, 3.63) is 0 Å². The van der Waals surface area contributed by atoms with Gasteiger partial charge in [-0.3, -0.25) is 28.9 Å². The number of nitrogens with zero attached hydrogens (tertiary/aromatic N) is 2. The van der Waals surface area contributed by atoms with Crippen LogP contribution in [0.2, 0.25) is 0 Å². The van der Waals surface area contributed by atoms with Crippen molar-refractivity contribution in [3.8, 4) is 0 Å². The molecule has 93 heavy (non-hydrogen) atoms. The van der Waals surface area contributed by atoms with Crippen molar-refractivity contribution in [2.45, 2.75) is 198 Å². The lowest BCUT2D eigenvalue weighted by Crippen LogP contribution is -2.65. The Morgan fingerprint density at radius 1 is 0.419 bits per heavy atom. The van der Waals surface area contributed by atoms with Crippen LogP contribution in [0.3, 0.4) is 0 Å². The third kappa shape index (κ3) is 18.9. The van der Waals surface area contributed by atoms with Gasteiger partial charge in [-0.25, -0.2) is 5.48 Å². The number of carbonyl (C=O) groups is 5. The Morgan fingerprint density at radius 2 is 0.753 bits per heavy atom. The van der Waals surface area contributed by atoms with E-state index in [1.54, 1.807) is 0 Å². The molecule has 7 rings (SSSR count). The van der Waals surface area contributed by atoms with Gasteiger partial charge in [0, 0.05) is 31.8 Å². The van der Waals surface area contributed by atoms with E-state index in [0.29, 0.717) is 0 Å². The molecule has 0 aromatic rings. The molecule has 0 unspecified atom stereocenters. The number of carbonyl (C=O) groups excluding carboxylic acids is 5. The minimum absolute atomic E-state index is 0.223. The molecule has 0 saturated carbocycles. The molecule has 0 aliphatic carbocycles. The van der Waals surface area contributed by atoms with E-state index in [1.807, 2.05) is 5.48 Å². The molecule has 7 saturated heterocycles. The molecule has 7 aliphatic rings. The molecule has 42 heteroatoms. The van der Waals surface area contributed by atoms with Crippen molar-refractivity contribution in [1.82, 2.24) is 26.1 Å². The topological polar surface area (TPSA) is 632 Å². The summed E-state index contributed by atoms with van der Waals surface area (Å²) in [6, 6.07) is 0. The number of hydrogen-bond acceptors (Lipinski definition) is 38. The Bertz CT molecular complexity index is 2230. The first-order valence-corrected chi connectivity index (χ1v) is 29.6.